The normalized spacial score (nSPS) is 12.5. The van der Waals surface area contributed by atoms with Crippen molar-refractivity contribution >= 4 is 6.29 Å². The predicted octanol–water partition coefficient (Wildman–Crippen LogP) is 0.996. The Bertz CT molecular complexity index is 258. The van der Waals surface area contributed by atoms with Crippen LogP contribution >= 0.6 is 0 Å². The van der Waals surface area contributed by atoms with E-state index in [1.807, 2.05) is 6.92 Å². The molecule has 0 aliphatic carbocycles. The van der Waals surface area contributed by atoms with E-state index in [9.17, 15) is 4.79 Å². The fraction of sp³-hybridized carbons (Fsp3) is 0.375. The van der Waals surface area contributed by atoms with Gasteiger partial charge in [-0.1, -0.05) is 0 Å². The van der Waals surface area contributed by atoms with Gasteiger partial charge in [0, 0.05) is 19.5 Å². The monoisotopic (exact) mass is 166 g/mol. The van der Waals surface area contributed by atoms with Gasteiger partial charge in [-0.3, -0.25) is 4.79 Å². The summed E-state index contributed by atoms with van der Waals surface area (Å²) in [5, 5.41) is 0. The molecule has 0 aliphatic heterocycles. The summed E-state index contributed by atoms with van der Waals surface area (Å²) in [6.07, 6.45) is 3.53. The zero-order valence-corrected chi connectivity index (χ0v) is 7.02. The maximum absolute atomic E-state index is 10.2. The van der Waals surface area contributed by atoms with Crippen LogP contribution in [0.2, 0.25) is 0 Å². The number of methoxy groups -OCH3 is 1. The first-order valence-electron chi connectivity index (χ1n) is 3.58. The summed E-state index contributed by atoms with van der Waals surface area (Å²) in [5.74, 6) is 0.586. The minimum atomic E-state index is -0.134. The minimum Gasteiger partial charge on any atom is -0.374 e. The number of ether oxygens (including phenoxy) is 1. The highest BCUT2D eigenvalue weighted by Gasteiger charge is 2.05. The third-order valence-corrected chi connectivity index (χ3v) is 1.55. The lowest BCUT2D eigenvalue weighted by molar-refractivity contribution is 0.110. The van der Waals surface area contributed by atoms with Crippen molar-refractivity contribution < 1.29 is 9.53 Å². The molecule has 0 bridgehead atoms. The third-order valence-electron chi connectivity index (χ3n) is 1.55. The van der Waals surface area contributed by atoms with Crippen LogP contribution in [0.15, 0.2) is 12.4 Å². The molecule has 1 rings (SSSR count). The molecule has 0 fully saturated rings. The Morgan fingerprint density at radius 2 is 2.08 bits per heavy atom. The van der Waals surface area contributed by atoms with Crippen LogP contribution in [0, 0.1) is 0 Å². The van der Waals surface area contributed by atoms with Gasteiger partial charge < -0.3 is 4.74 Å². The van der Waals surface area contributed by atoms with Crippen molar-refractivity contribution in [1.29, 1.82) is 0 Å². The number of aldehydes is 1. The van der Waals surface area contributed by atoms with Crippen LogP contribution in [-0.4, -0.2) is 23.4 Å². The maximum Gasteiger partial charge on any atom is 0.156 e. The molecule has 0 saturated carbocycles. The lowest BCUT2D eigenvalue weighted by Gasteiger charge is -2.06. The molecule has 0 N–H and O–H groups in total. The minimum absolute atomic E-state index is 0.134. The summed E-state index contributed by atoms with van der Waals surface area (Å²) in [7, 11) is 1.58. The van der Waals surface area contributed by atoms with Gasteiger partial charge in [0.25, 0.3) is 0 Å². The molecular weight excluding hydrogens is 156 g/mol. The largest absolute Gasteiger partial charge is 0.374 e. The lowest BCUT2D eigenvalue weighted by atomic mass is 10.3. The zero-order valence-electron chi connectivity index (χ0n) is 7.02. The van der Waals surface area contributed by atoms with E-state index in [-0.39, 0.29) is 6.10 Å². The van der Waals surface area contributed by atoms with Gasteiger partial charge in [-0.15, -0.1) is 0 Å². The van der Waals surface area contributed by atoms with Crippen LogP contribution in [0.1, 0.15) is 29.2 Å². The highest BCUT2D eigenvalue weighted by atomic mass is 16.5. The van der Waals surface area contributed by atoms with Crippen LogP contribution < -0.4 is 0 Å². The molecule has 4 nitrogen and oxygen atoms in total. The molecular formula is C8H10N2O2. The molecule has 12 heavy (non-hydrogen) atoms. The Balaban J connectivity index is 2.84. The first-order chi connectivity index (χ1) is 5.77. The van der Waals surface area contributed by atoms with E-state index in [1.54, 1.807) is 7.11 Å². The van der Waals surface area contributed by atoms with Crippen molar-refractivity contribution in [2.24, 2.45) is 0 Å². The van der Waals surface area contributed by atoms with Crippen molar-refractivity contribution in [3.05, 3.63) is 23.8 Å². The summed E-state index contributed by atoms with van der Waals surface area (Å²) < 4.78 is 5.00. The van der Waals surface area contributed by atoms with Crippen molar-refractivity contribution in [1.82, 2.24) is 9.97 Å². The number of hydrogen-bond donors (Lipinski definition) is 0. The SMILES string of the molecule is COC(C)c1ncc(C=O)cn1. The van der Waals surface area contributed by atoms with E-state index in [1.165, 1.54) is 12.4 Å². The number of carbonyl (C=O) groups excluding carboxylic acids is 1. The molecule has 1 heterocycles. The summed E-state index contributed by atoms with van der Waals surface area (Å²) >= 11 is 0. The number of aromatic nitrogens is 2. The van der Waals surface area contributed by atoms with Gasteiger partial charge >= 0.3 is 0 Å². The molecule has 0 saturated heterocycles. The third kappa shape index (κ3) is 1.85. The van der Waals surface area contributed by atoms with Gasteiger partial charge in [-0.05, 0) is 6.92 Å². The molecule has 64 valence electrons. The van der Waals surface area contributed by atoms with Crippen LogP contribution in [-0.2, 0) is 4.74 Å². The highest BCUT2D eigenvalue weighted by molar-refractivity contribution is 5.73. The fourth-order valence-electron chi connectivity index (χ4n) is 0.724. The van der Waals surface area contributed by atoms with Gasteiger partial charge in [0.05, 0.1) is 5.56 Å². The molecule has 1 atom stereocenters. The molecule has 1 aromatic rings. The Morgan fingerprint density at radius 1 is 1.50 bits per heavy atom. The van der Waals surface area contributed by atoms with Crippen LogP contribution in [0.4, 0.5) is 0 Å². The second-order valence-corrected chi connectivity index (χ2v) is 2.37. The van der Waals surface area contributed by atoms with Crippen molar-refractivity contribution in [3.63, 3.8) is 0 Å². The summed E-state index contributed by atoms with van der Waals surface area (Å²) in [4.78, 5) is 18.2. The average molecular weight is 166 g/mol. The van der Waals surface area contributed by atoms with E-state index in [0.717, 1.165) is 0 Å². The summed E-state index contributed by atoms with van der Waals surface area (Å²) in [6.45, 7) is 1.84. The van der Waals surface area contributed by atoms with E-state index in [4.69, 9.17) is 4.74 Å². The predicted molar refractivity (Wildman–Crippen MR) is 42.8 cm³/mol. The van der Waals surface area contributed by atoms with Crippen LogP contribution in [0.3, 0.4) is 0 Å². The first kappa shape index (κ1) is 8.80. The fourth-order valence-corrected chi connectivity index (χ4v) is 0.724. The lowest BCUT2D eigenvalue weighted by Crippen LogP contribution is -2.02. The average Bonchev–Trinajstić information content (AvgIpc) is 2.17. The number of carbonyl (C=O) groups is 1. The molecule has 4 heteroatoms. The number of nitrogens with zero attached hydrogens (tertiary/aromatic N) is 2. The molecule has 1 aromatic heterocycles. The molecule has 0 radical (unpaired) electrons. The smallest absolute Gasteiger partial charge is 0.156 e. The zero-order chi connectivity index (χ0) is 8.97. The van der Waals surface area contributed by atoms with Gasteiger partial charge in [0.2, 0.25) is 0 Å². The Kier molecular flexibility index (Phi) is 2.88. The van der Waals surface area contributed by atoms with Crippen molar-refractivity contribution in [2.45, 2.75) is 13.0 Å². The summed E-state index contributed by atoms with van der Waals surface area (Å²) in [6, 6.07) is 0. The highest BCUT2D eigenvalue weighted by Crippen LogP contribution is 2.08. The quantitative estimate of drug-likeness (QED) is 0.628. The second kappa shape index (κ2) is 3.92. The Hall–Kier alpha value is -1.29. The van der Waals surface area contributed by atoms with E-state index in [2.05, 4.69) is 9.97 Å². The van der Waals surface area contributed by atoms with Crippen molar-refractivity contribution in [3.8, 4) is 0 Å². The maximum atomic E-state index is 10.2. The molecule has 0 aromatic carbocycles. The van der Waals surface area contributed by atoms with Crippen molar-refractivity contribution in [2.75, 3.05) is 7.11 Å². The Labute approximate surface area is 70.6 Å². The standard InChI is InChI=1S/C8H10N2O2/c1-6(12-2)8-9-3-7(5-11)4-10-8/h3-6H,1-2H3. The molecule has 1 unspecified atom stereocenters. The van der Waals surface area contributed by atoms with Gasteiger partial charge in [-0.2, -0.15) is 0 Å². The molecule has 0 aliphatic rings. The number of rotatable bonds is 3. The second-order valence-electron chi connectivity index (χ2n) is 2.37. The van der Waals surface area contributed by atoms with Crippen LogP contribution in [0.5, 0.6) is 0 Å². The summed E-state index contributed by atoms with van der Waals surface area (Å²) in [5.41, 5.74) is 0.474. The number of hydrogen-bond acceptors (Lipinski definition) is 4. The van der Waals surface area contributed by atoms with Gasteiger partial charge in [0.15, 0.2) is 12.1 Å². The van der Waals surface area contributed by atoms with E-state index >= 15 is 0 Å². The Morgan fingerprint density at radius 3 is 2.50 bits per heavy atom. The first-order valence-corrected chi connectivity index (χ1v) is 3.58. The van der Waals surface area contributed by atoms with E-state index in [0.29, 0.717) is 17.7 Å². The topological polar surface area (TPSA) is 52.1 Å². The van der Waals surface area contributed by atoms with E-state index < -0.39 is 0 Å². The molecule has 0 spiro atoms. The van der Waals surface area contributed by atoms with Gasteiger partial charge in [0.1, 0.15) is 6.10 Å². The van der Waals surface area contributed by atoms with Crippen LogP contribution in [0.25, 0.3) is 0 Å². The van der Waals surface area contributed by atoms with Gasteiger partial charge in [-0.25, -0.2) is 9.97 Å². The molecule has 0 amide bonds.